The molecule has 0 spiro atoms. The fourth-order valence-electron chi connectivity index (χ4n) is 1.84. The predicted molar refractivity (Wildman–Crippen MR) is 99.6 cm³/mol. The lowest BCUT2D eigenvalue weighted by atomic mass is 9.95. The molecule has 0 radical (unpaired) electrons. The number of carbonyl (C=O) groups excluding carboxylic acids is 2. The number of carbonyl (C=O) groups is 2. The van der Waals surface area contributed by atoms with E-state index in [-0.39, 0.29) is 23.6 Å². The van der Waals surface area contributed by atoms with Crippen LogP contribution in [0.2, 0.25) is 0 Å². The second kappa shape index (κ2) is 7.99. The zero-order valence-corrected chi connectivity index (χ0v) is 15.7. The fourth-order valence-corrected chi connectivity index (χ4v) is 1.84. The van der Waals surface area contributed by atoms with Crippen molar-refractivity contribution in [2.24, 2.45) is 5.41 Å². The van der Waals surface area contributed by atoms with Gasteiger partial charge in [-0.1, -0.05) is 32.9 Å². The monoisotopic (exact) mass is 331 g/mol. The van der Waals surface area contributed by atoms with Gasteiger partial charge in [-0.3, -0.25) is 9.59 Å². The molecule has 2 amide bonds. The van der Waals surface area contributed by atoms with Gasteiger partial charge in [-0.15, -0.1) is 0 Å². The highest BCUT2D eigenvalue weighted by molar-refractivity contribution is 6.02. The molecule has 0 unspecified atom stereocenters. The van der Waals surface area contributed by atoms with Gasteiger partial charge in [0.15, 0.2) is 0 Å². The summed E-state index contributed by atoms with van der Waals surface area (Å²) in [5.41, 5.74) is 1.59. The zero-order chi connectivity index (χ0) is 18.5. The molecule has 5 nitrogen and oxygen atoms in total. The minimum atomic E-state index is -0.577. The summed E-state index contributed by atoms with van der Waals surface area (Å²) in [6.45, 7) is 9.20. The van der Waals surface area contributed by atoms with Crippen LogP contribution in [-0.4, -0.2) is 32.0 Å². The van der Waals surface area contributed by atoms with Gasteiger partial charge in [-0.2, -0.15) is 0 Å². The number of hydrogen-bond donors (Lipinski definition) is 2. The molecule has 0 aliphatic heterocycles. The molecule has 0 heterocycles. The summed E-state index contributed by atoms with van der Waals surface area (Å²) in [4.78, 5) is 26.7. The number of nitrogens with one attached hydrogen (secondary N) is 2. The molecule has 0 fully saturated rings. The second-order valence-corrected chi connectivity index (χ2v) is 7.38. The summed E-state index contributed by atoms with van der Waals surface area (Å²) in [5, 5.41) is 5.57. The van der Waals surface area contributed by atoms with E-state index >= 15 is 0 Å². The topological polar surface area (TPSA) is 61.4 Å². The Morgan fingerprint density at radius 1 is 1.08 bits per heavy atom. The molecule has 0 saturated heterocycles. The van der Waals surface area contributed by atoms with Crippen LogP contribution in [0.1, 0.15) is 40.2 Å². The van der Waals surface area contributed by atoms with Crippen LogP contribution >= 0.6 is 0 Å². The molecule has 0 saturated carbocycles. The maximum Gasteiger partial charge on any atom is 0.268 e. The maximum atomic E-state index is 12.4. The molecule has 1 aromatic carbocycles. The van der Waals surface area contributed by atoms with E-state index in [1.54, 1.807) is 6.08 Å². The van der Waals surface area contributed by atoms with Crippen molar-refractivity contribution in [1.29, 1.82) is 0 Å². The smallest absolute Gasteiger partial charge is 0.268 e. The SMILES string of the molecule is CC(C)NC(=O)/C(=C\c1ccc(N(C)C)cc1)NC(=O)C(C)(C)C. The molecule has 0 aromatic heterocycles. The van der Waals surface area contributed by atoms with Gasteiger partial charge >= 0.3 is 0 Å². The molecule has 5 heteroatoms. The first-order chi connectivity index (χ1) is 11.0. The van der Waals surface area contributed by atoms with Crippen molar-refractivity contribution in [3.8, 4) is 0 Å². The van der Waals surface area contributed by atoms with Crippen LogP contribution in [0.5, 0.6) is 0 Å². The molecule has 1 aromatic rings. The first kappa shape index (κ1) is 19.7. The summed E-state index contributed by atoms with van der Waals surface area (Å²) in [7, 11) is 3.94. The highest BCUT2D eigenvalue weighted by Gasteiger charge is 2.24. The van der Waals surface area contributed by atoms with Gasteiger partial charge in [-0.25, -0.2) is 0 Å². The quantitative estimate of drug-likeness (QED) is 0.816. The van der Waals surface area contributed by atoms with Crippen molar-refractivity contribution in [3.63, 3.8) is 0 Å². The van der Waals surface area contributed by atoms with Crippen molar-refractivity contribution in [3.05, 3.63) is 35.5 Å². The molecule has 2 N–H and O–H groups in total. The van der Waals surface area contributed by atoms with Gasteiger partial charge in [0, 0.05) is 31.2 Å². The van der Waals surface area contributed by atoms with Gasteiger partial charge in [0.25, 0.3) is 5.91 Å². The number of anilines is 1. The second-order valence-electron chi connectivity index (χ2n) is 7.38. The number of benzene rings is 1. The van der Waals surface area contributed by atoms with Crippen LogP contribution in [0.4, 0.5) is 5.69 Å². The largest absolute Gasteiger partial charge is 0.378 e. The van der Waals surface area contributed by atoms with E-state index in [1.807, 2.05) is 77.9 Å². The first-order valence-corrected chi connectivity index (χ1v) is 8.12. The van der Waals surface area contributed by atoms with Gasteiger partial charge < -0.3 is 15.5 Å². The normalized spacial score (nSPS) is 12.1. The molecule has 1 rings (SSSR count). The molecule has 0 aliphatic carbocycles. The average molecular weight is 331 g/mol. The highest BCUT2D eigenvalue weighted by Crippen LogP contribution is 2.16. The van der Waals surface area contributed by atoms with Gasteiger partial charge in [0.1, 0.15) is 5.70 Å². The van der Waals surface area contributed by atoms with E-state index in [9.17, 15) is 9.59 Å². The average Bonchev–Trinajstić information content (AvgIpc) is 2.45. The van der Waals surface area contributed by atoms with Crippen LogP contribution in [0.15, 0.2) is 30.0 Å². The maximum absolute atomic E-state index is 12.4. The number of rotatable bonds is 5. The Morgan fingerprint density at radius 2 is 1.62 bits per heavy atom. The third kappa shape index (κ3) is 6.07. The van der Waals surface area contributed by atoms with Crippen LogP contribution in [-0.2, 0) is 9.59 Å². The zero-order valence-electron chi connectivity index (χ0n) is 15.7. The Bertz CT molecular complexity index is 608. The minimum Gasteiger partial charge on any atom is -0.378 e. The van der Waals surface area contributed by atoms with E-state index in [0.717, 1.165) is 11.3 Å². The standard InChI is InChI=1S/C19H29N3O2/c1-13(2)20-17(23)16(21-18(24)19(3,4)5)12-14-8-10-15(11-9-14)22(6)7/h8-13H,1-7H3,(H,20,23)(H,21,24)/b16-12+. The van der Waals surface area contributed by atoms with Gasteiger partial charge in [-0.05, 0) is 37.6 Å². The Labute approximate surface area is 145 Å². The first-order valence-electron chi connectivity index (χ1n) is 8.12. The van der Waals surface area contributed by atoms with Crippen molar-refractivity contribution in [2.45, 2.75) is 40.7 Å². The van der Waals surface area contributed by atoms with Gasteiger partial charge in [0.2, 0.25) is 5.91 Å². The minimum absolute atomic E-state index is 0.0106. The summed E-state index contributed by atoms with van der Waals surface area (Å²) in [5.74, 6) is -0.489. The summed E-state index contributed by atoms with van der Waals surface area (Å²) in [6, 6.07) is 7.76. The lowest BCUT2D eigenvalue weighted by molar-refractivity contribution is -0.129. The predicted octanol–water partition coefficient (Wildman–Crippen LogP) is 2.78. The van der Waals surface area contributed by atoms with E-state index in [1.165, 1.54) is 0 Å². The summed E-state index contributed by atoms with van der Waals surface area (Å²) < 4.78 is 0. The Hall–Kier alpha value is -2.30. The lowest BCUT2D eigenvalue weighted by Crippen LogP contribution is -2.41. The molecule has 0 atom stereocenters. The number of nitrogens with zero attached hydrogens (tertiary/aromatic N) is 1. The van der Waals surface area contributed by atoms with Crippen LogP contribution in [0.25, 0.3) is 6.08 Å². The number of hydrogen-bond acceptors (Lipinski definition) is 3. The van der Waals surface area contributed by atoms with E-state index < -0.39 is 5.41 Å². The van der Waals surface area contributed by atoms with E-state index in [2.05, 4.69) is 10.6 Å². The Balaban J connectivity index is 3.11. The number of amides is 2. The lowest BCUT2D eigenvalue weighted by Gasteiger charge is -2.20. The third-order valence-corrected chi connectivity index (χ3v) is 3.31. The van der Waals surface area contributed by atoms with Crippen molar-refractivity contribution in [1.82, 2.24) is 10.6 Å². The molecular formula is C19H29N3O2. The molecule has 0 aliphatic rings. The van der Waals surface area contributed by atoms with Crippen LogP contribution in [0, 0.1) is 5.41 Å². The third-order valence-electron chi connectivity index (χ3n) is 3.31. The van der Waals surface area contributed by atoms with Gasteiger partial charge in [0.05, 0.1) is 0 Å². The molecule has 24 heavy (non-hydrogen) atoms. The Kier molecular flexibility index (Phi) is 6.58. The highest BCUT2D eigenvalue weighted by atomic mass is 16.2. The molecule has 0 bridgehead atoms. The van der Waals surface area contributed by atoms with Crippen molar-refractivity contribution >= 4 is 23.6 Å². The fraction of sp³-hybridized carbons (Fsp3) is 0.474. The molecular weight excluding hydrogens is 302 g/mol. The van der Waals surface area contributed by atoms with E-state index in [4.69, 9.17) is 0 Å². The van der Waals surface area contributed by atoms with E-state index in [0.29, 0.717) is 0 Å². The van der Waals surface area contributed by atoms with Crippen LogP contribution in [0.3, 0.4) is 0 Å². The van der Waals surface area contributed by atoms with Crippen LogP contribution < -0.4 is 15.5 Å². The Morgan fingerprint density at radius 3 is 2.04 bits per heavy atom. The van der Waals surface area contributed by atoms with Crippen molar-refractivity contribution < 1.29 is 9.59 Å². The summed E-state index contributed by atoms with van der Waals surface area (Å²) >= 11 is 0. The summed E-state index contributed by atoms with van der Waals surface area (Å²) in [6.07, 6.45) is 1.70. The molecule has 132 valence electrons. The van der Waals surface area contributed by atoms with Crippen molar-refractivity contribution in [2.75, 3.05) is 19.0 Å².